The van der Waals surface area contributed by atoms with Gasteiger partial charge in [-0.1, -0.05) is 129 Å². The topological polar surface area (TPSA) is 119 Å². The molecule has 0 aliphatic rings. The van der Waals surface area contributed by atoms with Gasteiger partial charge in [-0.05, 0) is 26.7 Å². The van der Waals surface area contributed by atoms with E-state index >= 15 is 0 Å². The first-order chi connectivity index (χ1) is 18.6. The summed E-state index contributed by atoms with van der Waals surface area (Å²) >= 11 is 0. The first kappa shape index (κ1) is 38.8. The molecule has 0 radical (unpaired) electrons. The summed E-state index contributed by atoms with van der Waals surface area (Å²) in [5.41, 5.74) is 0. The van der Waals surface area contributed by atoms with Crippen molar-refractivity contribution < 1.29 is 37.5 Å². The Hall–Kier alpha value is -0.230. The number of unbranched alkanes of at least 4 members (excludes halogenated alkanes) is 18. The van der Waals surface area contributed by atoms with Crippen LogP contribution in [0.4, 0.5) is 0 Å². The fraction of sp³-hybridized carbons (Fsp3) is 0.966. The molecule has 0 aromatic rings. The second-order valence-corrected chi connectivity index (χ2v) is 15.6. The quantitative estimate of drug-likeness (QED) is 0.0519. The molecule has 0 aliphatic heterocycles. The fourth-order valence-corrected chi connectivity index (χ4v) is 7.94. The number of hydrogen-bond acceptors (Lipinski definition) is 6. The Morgan fingerprint density at radius 2 is 0.846 bits per heavy atom. The monoisotopic (exact) mass is 598 g/mol. The first-order valence-electron chi connectivity index (χ1n) is 15.7. The van der Waals surface area contributed by atoms with Crippen LogP contribution in [0.1, 0.15) is 156 Å². The molecule has 234 valence electrons. The highest BCUT2D eigenvalue weighted by Crippen LogP contribution is 2.73. The first-order valence-corrected chi connectivity index (χ1v) is 18.9. The molecular formula is C29H60O8P2. The third-order valence-electron chi connectivity index (χ3n) is 7.29. The Morgan fingerprint density at radius 1 is 0.564 bits per heavy atom. The van der Waals surface area contributed by atoms with Crippen LogP contribution in [0.3, 0.4) is 0 Å². The van der Waals surface area contributed by atoms with E-state index in [0.29, 0.717) is 12.8 Å². The second kappa shape index (κ2) is 23.3. The lowest BCUT2D eigenvalue weighted by atomic mass is 10.1. The summed E-state index contributed by atoms with van der Waals surface area (Å²) in [6.07, 6.45) is 21.8. The zero-order valence-corrected chi connectivity index (χ0v) is 27.3. The van der Waals surface area contributed by atoms with Crippen molar-refractivity contribution in [2.24, 2.45) is 0 Å². The van der Waals surface area contributed by atoms with Gasteiger partial charge in [-0.2, -0.15) is 0 Å². The summed E-state index contributed by atoms with van der Waals surface area (Å²) in [5.74, 6) is -1.26. The number of hydrogen-bond donors (Lipinski definition) is 2. The molecule has 2 atom stereocenters. The van der Waals surface area contributed by atoms with Crippen molar-refractivity contribution in [3.8, 4) is 0 Å². The van der Waals surface area contributed by atoms with Gasteiger partial charge in [0.15, 0.2) is 0 Å². The van der Waals surface area contributed by atoms with Crippen molar-refractivity contribution >= 4 is 21.2 Å². The maximum Gasteiger partial charge on any atom is 0.357 e. The summed E-state index contributed by atoms with van der Waals surface area (Å²) in [6.45, 7) is 6.60. The van der Waals surface area contributed by atoms with E-state index in [9.17, 15) is 23.7 Å². The maximum absolute atomic E-state index is 13.2. The Labute approximate surface area is 239 Å². The molecule has 2 unspecified atom stereocenters. The highest BCUT2D eigenvalue weighted by molar-refractivity contribution is 7.75. The normalized spacial score (nSPS) is 16.4. The molecule has 0 saturated carbocycles. The summed E-state index contributed by atoms with van der Waals surface area (Å²) in [7, 11) is -9.79. The van der Waals surface area contributed by atoms with Gasteiger partial charge < -0.3 is 23.6 Å². The lowest BCUT2D eigenvalue weighted by molar-refractivity contribution is -0.144. The second-order valence-electron chi connectivity index (χ2n) is 10.8. The third-order valence-corrected chi connectivity index (χ3v) is 12.4. The minimum absolute atomic E-state index is 0.0856. The van der Waals surface area contributed by atoms with Crippen molar-refractivity contribution in [2.75, 3.05) is 19.8 Å². The van der Waals surface area contributed by atoms with E-state index in [1.807, 2.05) is 0 Å². The zero-order chi connectivity index (χ0) is 29.5. The van der Waals surface area contributed by atoms with Crippen molar-refractivity contribution in [1.82, 2.24) is 0 Å². The Balaban J connectivity index is 4.60. The van der Waals surface area contributed by atoms with Crippen LogP contribution in [0.2, 0.25) is 0 Å². The van der Waals surface area contributed by atoms with E-state index in [1.165, 1.54) is 84.0 Å². The predicted molar refractivity (Wildman–Crippen MR) is 160 cm³/mol. The van der Waals surface area contributed by atoms with Crippen LogP contribution in [-0.4, -0.2) is 40.5 Å². The van der Waals surface area contributed by atoms with Gasteiger partial charge in [-0.15, -0.1) is 0 Å². The Kier molecular flexibility index (Phi) is 23.2. The maximum atomic E-state index is 13.2. The van der Waals surface area contributed by atoms with Gasteiger partial charge in [0.25, 0.3) is 4.90 Å². The summed E-state index contributed by atoms with van der Waals surface area (Å²) < 4.78 is 41.7. The number of esters is 1. The summed E-state index contributed by atoms with van der Waals surface area (Å²) in [5, 5.41) is 0. The molecule has 8 nitrogen and oxygen atoms in total. The van der Waals surface area contributed by atoms with Crippen molar-refractivity contribution in [2.45, 2.75) is 161 Å². The average molecular weight is 599 g/mol. The Bertz CT molecular complexity index is 655. The zero-order valence-electron chi connectivity index (χ0n) is 25.5. The molecule has 39 heavy (non-hydrogen) atoms. The van der Waals surface area contributed by atoms with Crippen LogP contribution >= 0.6 is 15.2 Å². The minimum atomic E-state index is -4.89. The van der Waals surface area contributed by atoms with E-state index in [4.69, 9.17) is 13.8 Å². The molecule has 0 saturated heterocycles. The summed E-state index contributed by atoms with van der Waals surface area (Å²) in [4.78, 5) is 31.4. The average Bonchev–Trinajstić information content (AvgIpc) is 2.89. The molecule has 0 aromatic carbocycles. The van der Waals surface area contributed by atoms with Gasteiger partial charge in [0, 0.05) is 0 Å². The SMILES string of the molecule is CCCCCCCCCCCCOP(=O)(O)C(C)(C(=O)OCC)P(=O)(O)OCCCCCCCCCCCC. The van der Waals surface area contributed by atoms with E-state index in [1.54, 1.807) is 0 Å². The van der Waals surface area contributed by atoms with Crippen LogP contribution < -0.4 is 0 Å². The van der Waals surface area contributed by atoms with Gasteiger partial charge >= 0.3 is 21.2 Å². The molecule has 2 N–H and O–H groups in total. The lowest BCUT2D eigenvalue weighted by Gasteiger charge is -2.33. The van der Waals surface area contributed by atoms with E-state index in [-0.39, 0.29) is 19.8 Å². The van der Waals surface area contributed by atoms with Gasteiger partial charge in [0.1, 0.15) is 0 Å². The highest BCUT2D eigenvalue weighted by Gasteiger charge is 2.66. The van der Waals surface area contributed by atoms with Crippen molar-refractivity contribution in [3.05, 3.63) is 0 Å². The molecular weight excluding hydrogens is 538 g/mol. The highest BCUT2D eigenvalue weighted by atomic mass is 31.2. The molecule has 0 fully saturated rings. The summed E-state index contributed by atoms with van der Waals surface area (Å²) in [6, 6.07) is 0. The lowest BCUT2D eigenvalue weighted by Crippen LogP contribution is -2.38. The number of ether oxygens (including phenoxy) is 1. The number of rotatable bonds is 28. The molecule has 0 amide bonds. The fourth-order valence-electron chi connectivity index (χ4n) is 4.47. The van der Waals surface area contributed by atoms with Crippen LogP contribution in [0.15, 0.2) is 0 Å². The third kappa shape index (κ3) is 16.1. The van der Waals surface area contributed by atoms with E-state index in [0.717, 1.165) is 45.4 Å². The Morgan fingerprint density at radius 3 is 1.13 bits per heavy atom. The largest absolute Gasteiger partial charge is 0.465 e. The van der Waals surface area contributed by atoms with Crippen LogP contribution in [0.25, 0.3) is 0 Å². The van der Waals surface area contributed by atoms with Gasteiger partial charge in [-0.25, -0.2) is 0 Å². The van der Waals surface area contributed by atoms with Gasteiger partial charge in [0.05, 0.1) is 19.8 Å². The van der Waals surface area contributed by atoms with Gasteiger partial charge in [-0.3, -0.25) is 13.9 Å². The molecule has 0 rings (SSSR count). The molecule has 10 heteroatoms. The van der Waals surface area contributed by atoms with Gasteiger partial charge in [0.2, 0.25) is 0 Å². The van der Waals surface area contributed by atoms with Crippen molar-refractivity contribution in [1.29, 1.82) is 0 Å². The van der Waals surface area contributed by atoms with E-state index in [2.05, 4.69) is 13.8 Å². The van der Waals surface area contributed by atoms with Crippen LogP contribution in [0.5, 0.6) is 0 Å². The van der Waals surface area contributed by atoms with E-state index < -0.39 is 26.1 Å². The van der Waals surface area contributed by atoms with Crippen LogP contribution in [0, 0.1) is 0 Å². The number of carbonyl (C=O) groups is 1. The van der Waals surface area contributed by atoms with Crippen LogP contribution in [-0.2, 0) is 27.7 Å². The predicted octanol–water partition coefficient (Wildman–Crippen LogP) is 9.51. The molecule has 0 heterocycles. The molecule has 0 aromatic heterocycles. The smallest absolute Gasteiger partial charge is 0.357 e. The van der Waals surface area contributed by atoms with Crippen molar-refractivity contribution in [3.63, 3.8) is 0 Å². The molecule has 0 aliphatic carbocycles. The number of carbonyl (C=O) groups excluding carboxylic acids is 1. The molecule has 0 bridgehead atoms. The standard InChI is InChI=1S/C29H60O8P2/c1-5-8-10-12-14-16-18-20-22-24-26-36-38(31,32)29(4,28(30)35-7-3)39(33,34)37-27-25-23-21-19-17-15-13-11-9-6-2/h5-27H2,1-4H3,(H,31,32)(H,33,34). The minimum Gasteiger partial charge on any atom is -0.465 e. The molecule has 0 spiro atoms.